The summed E-state index contributed by atoms with van der Waals surface area (Å²) < 4.78 is 14.2. The molecule has 0 bridgehead atoms. The summed E-state index contributed by atoms with van der Waals surface area (Å²) in [6.45, 7) is 3.50. The molecular formula is C14H17N3O3S. The van der Waals surface area contributed by atoms with Crippen molar-refractivity contribution in [3.05, 3.63) is 29.1 Å². The van der Waals surface area contributed by atoms with E-state index < -0.39 is 0 Å². The Morgan fingerprint density at radius 2 is 2.10 bits per heavy atom. The van der Waals surface area contributed by atoms with Crippen molar-refractivity contribution in [2.75, 3.05) is 26.9 Å². The summed E-state index contributed by atoms with van der Waals surface area (Å²) in [5, 5.41) is 6.84. The van der Waals surface area contributed by atoms with E-state index in [4.69, 9.17) is 9.47 Å². The van der Waals surface area contributed by atoms with E-state index >= 15 is 0 Å². The van der Waals surface area contributed by atoms with Crippen molar-refractivity contribution in [3.8, 4) is 17.0 Å². The number of methoxy groups -OCH3 is 1. The molecule has 112 valence electrons. The van der Waals surface area contributed by atoms with Crippen molar-refractivity contribution in [2.24, 2.45) is 0 Å². The largest absolute Gasteiger partial charge is 0.497 e. The van der Waals surface area contributed by atoms with E-state index in [2.05, 4.69) is 14.9 Å². The molecule has 1 N–H and O–H groups in total. The van der Waals surface area contributed by atoms with Gasteiger partial charge < -0.3 is 14.8 Å². The molecule has 1 aromatic carbocycles. The topological polar surface area (TPSA) is 73.3 Å². The smallest absolute Gasteiger partial charge is 0.265 e. The third-order valence-corrected chi connectivity index (χ3v) is 3.52. The molecule has 2 rings (SSSR count). The van der Waals surface area contributed by atoms with Crippen LogP contribution in [0.5, 0.6) is 5.75 Å². The van der Waals surface area contributed by atoms with Crippen LogP contribution in [0.4, 0.5) is 0 Å². The Balaban J connectivity index is 2.08. The zero-order valence-electron chi connectivity index (χ0n) is 12.0. The highest BCUT2D eigenvalue weighted by atomic mass is 32.1. The molecule has 1 heterocycles. The standard InChI is InChI=1S/C14H17N3O3S/c1-3-20-9-8-15-14(18)13-12(16-17-21-13)10-4-6-11(19-2)7-5-10/h4-7H,3,8-9H2,1-2H3,(H,15,18). The normalized spacial score (nSPS) is 10.4. The Hall–Kier alpha value is -1.99. The zero-order valence-corrected chi connectivity index (χ0v) is 12.8. The fourth-order valence-electron chi connectivity index (χ4n) is 1.74. The zero-order chi connectivity index (χ0) is 15.1. The maximum absolute atomic E-state index is 12.1. The minimum Gasteiger partial charge on any atom is -0.497 e. The molecule has 7 heteroatoms. The molecule has 1 amide bonds. The average Bonchev–Trinajstić information content (AvgIpc) is 3.01. The predicted octanol–water partition coefficient (Wildman–Crippen LogP) is 1.98. The summed E-state index contributed by atoms with van der Waals surface area (Å²) in [5.41, 5.74) is 1.41. The lowest BCUT2D eigenvalue weighted by Gasteiger charge is -2.05. The van der Waals surface area contributed by atoms with Gasteiger partial charge in [0.25, 0.3) is 5.91 Å². The van der Waals surface area contributed by atoms with Gasteiger partial charge in [0.15, 0.2) is 0 Å². The minimum atomic E-state index is -0.185. The van der Waals surface area contributed by atoms with Crippen LogP contribution in [0, 0.1) is 0 Å². The van der Waals surface area contributed by atoms with Gasteiger partial charge in [-0.25, -0.2) is 0 Å². The maximum Gasteiger partial charge on any atom is 0.265 e. The monoisotopic (exact) mass is 307 g/mol. The minimum absolute atomic E-state index is 0.185. The van der Waals surface area contributed by atoms with Crippen molar-refractivity contribution in [2.45, 2.75) is 6.92 Å². The Morgan fingerprint density at radius 3 is 2.76 bits per heavy atom. The maximum atomic E-state index is 12.1. The number of amides is 1. The van der Waals surface area contributed by atoms with Gasteiger partial charge in [-0.2, -0.15) is 0 Å². The molecule has 0 spiro atoms. The highest BCUT2D eigenvalue weighted by molar-refractivity contribution is 7.08. The molecule has 6 nitrogen and oxygen atoms in total. The van der Waals surface area contributed by atoms with Crippen molar-refractivity contribution < 1.29 is 14.3 Å². The van der Waals surface area contributed by atoms with Gasteiger partial charge in [-0.3, -0.25) is 4.79 Å². The Kier molecular flexibility index (Phi) is 5.65. The van der Waals surface area contributed by atoms with Crippen LogP contribution in [0.25, 0.3) is 11.3 Å². The molecule has 0 unspecified atom stereocenters. The Morgan fingerprint density at radius 1 is 1.33 bits per heavy atom. The van der Waals surface area contributed by atoms with E-state index in [1.807, 2.05) is 31.2 Å². The van der Waals surface area contributed by atoms with E-state index in [1.54, 1.807) is 7.11 Å². The van der Waals surface area contributed by atoms with Crippen molar-refractivity contribution in [3.63, 3.8) is 0 Å². The third-order valence-electron chi connectivity index (χ3n) is 2.79. The van der Waals surface area contributed by atoms with Gasteiger partial charge in [0.05, 0.1) is 13.7 Å². The number of carbonyl (C=O) groups is 1. The molecule has 0 radical (unpaired) electrons. The lowest BCUT2D eigenvalue weighted by Crippen LogP contribution is -2.27. The molecule has 0 fully saturated rings. The van der Waals surface area contributed by atoms with Gasteiger partial charge in [-0.1, -0.05) is 4.49 Å². The first-order valence-electron chi connectivity index (χ1n) is 6.59. The summed E-state index contributed by atoms with van der Waals surface area (Å²) in [6, 6.07) is 7.36. The lowest BCUT2D eigenvalue weighted by atomic mass is 10.1. The second kappa shape index (κ2) is 7.70. The van der Waals surface area contributed by atoms with E-state index in [0.29, 0.717) is 30.3 Å². The van der Waals surface area contributed by atoms with Crippen LogP contribution >= 0.6 is 11.5 Å². The van der Waals surface area contributed by atoms with Gasteiger partial charge in [0.2, 0.25) is 0 Å². The van der Waals surface area contributed by atoms with E-state index in [0.717, 1.165) is 22.8 Å². The number of carbonyl (C=O) groups excluding carboxylic acids is 1. The molecule has 0 aliphatic rings. The second-order valence-electron chi connectivity index (χ2n) is 4.13. The van der Waals surface area contributed by atoms with Gasteiger partial charge in [0, 0.05) is 18.7 Å². The van der Waals surface area contributed by atoms with Crippen molar-refractivity contribution >= 4 is 17.4 Å². The fourth-order valence-corrected chi connectivity index (χ4v) is 2.34. The van der Waals surface area contributed by atoms with Gasteiger partial charge in [-0.15, -0.1) is 5.10 Å². The molecule has 2 aromatic rings. The second-order valence-corrected chi connectivity index (χ2v) is 4.89. The van der Waals surface area contributed by atoms with Crippen LogP contribution < -0.4 is 10.1 Å². The number of rotatable bonds is 7. The van der Waals surface area contributed by atoms with Crippen LogP contribution in [0.15, 0.2) is 24.3 Å². The molecule has 0 atom stereocenters. The molecular weight excluding hydrogens is 290 g/mol. The van der Waals surface area contributed by atoms with Crippen LogP contribution in [0.2, 0.25) is 0 Å². The average molecular weight is 307 g/mol. The van der Waals surface area contributed by atoms with E-state index in [1.165, 1.54) is 0 Å². The quantitative estimate of drug-likeness (QED) is 0.792. The van der Waals surface area contributed by atoms with Gasteiger partial charge in [-0.05, 0) is 42.7 Å². The van der Waals surface area contributed by atoms with Crippen LogP contribution in [-0.4, -0.2) is 42.4 Å². The van der Waals surface area contributed by atoms with E-state index in [9.17, 15) is 4.79 Å². The predicted molar refractivity (Wildman–Crippen MR) is 80.7 cm³/mol. The number of hydrogen-bond donors (Lipinski definition) is 1. The fraction of sp³-hybridized carbons (Fsp3) is 0.357. The van der Waals surface area contributed by atoms with Crippen molar-refractivity contribution in [1.82, 2.24) is 14.9 Å². The molecule has 0 aliphatic heterocycles. The van der Waals surface area contributed by atoms with Gasteiger partial charge in [0.1, 0.15) is 16.3 Å². The van der Waals surface area contributed by atoms with E-state index in [-0.39, 0.29) is 5.91 Å². The number of ether oxygens (including phenoxy) is 2. The number of nitrogens with zero attached hydrogens (tertiary/aromatic N) is 2. The molecule has 1 aromatic heterocycles. The van der Waals surface area contributed by atoms with Gasteiger partial charge >= 0.3 is 0 Å². The molecule has 0 aliphatic carbocycles. The first-order chi connectivity index (χ1) is 10.3. The number of aromatic nitrogens is 2. The molecule has 0 saturated carbocycles. The Labute approximate surface area is 127 Å². The van der Waals surface area contributed by atoms with Crippen LogP contribution in [0.1, 0.15) is 16.6 Å². The van der Waals surface area contributed by atoms with Crippen molar-refractivity contribution in [1.29, 1.82) is 0 Å². The summed E-state index contributed by atoms with van der Waals surface area (Å²) in [6.07, 6.45) is 0. The van der Waals surface area contributed by atoms with Crippen LogP contribution in [0.3, 0.4) is 0 Å². The van der Waals surface area contributed by atoms with Crippen LogP contribution in [-0.2, 0) is 4.74 Å². The third kappa shape index (κ3) is 3.99. The summed E-state index contributed by atoms with van der Waals surface area (Å²) in [4.78, 5) is 12.6. The molecule has 21 heavy (non-hydrogen) atoms. The number of nitrogens with one attached hydrogen (secondary N) is 1. The summed E-state index contributed by atoms with van der Waals surface area (Å²) >= 11 is 1.08. The lowest BCUT2D eigenvalue weighted by molar-refractivity contribution is 0.0927. The Bertz CT molecular complexity index is 583. The number of hydrogen-bond acceptors (Lipinski definition) is 6. The highest BCUT2D eigenvalue weighted by Crippen LogP contribution is 2.25. The number of benzene rings is 1. The molecule has 0 saturated heterocycles. The first kappa shape index (κ1) is 15.4. The first-order valence-corrected chi connectivity index (χ1v) is 7.36. The SMILES string of the molecule is CCOCCNC(=O)c1snnc1-c1ccc(OC)cc1. The summed E-state index contributed by atoms with van der Waals surface area (Å²) in [7, 11) is 1.61. The highest BCUT2D eigenvalue weighted by Gasteiger charge is 2.17. The summed E-state index contributed by atoms with van der Waals surface area (Å²) in [5.74, 6) is 0.570.